The second kappa shape index (κ2) is 11.3. The zero-order valence-electron chi connectivity index (χ0n) is 20.8. The molecule has 1 aliphatic rings. The van der Waals surface area contributed by atoms with Crippen molar-refractivity contribution < 1.29 is 24.5 Å². The number of nitrogens with one attached hydrogen (secondary N) is 1. The van der Waals surface area contributed by atoms with E-state index in [9.17, 15) is 19.8 Å². The standard InChI is InChI=1S/C30H29N3O5/c34-27(30(36)37)18-23(17-20-11-13-22(14-12-20)21-7-2-1-3-8-21)31-29(35)25-19-26-24-9-4-5-10-28(24)38-16-6-15-33(26)32-25/h1-5,7-14,19,23,27,34H,6,15-18H2,(H,31,35)(H,36,37)/t23-,27-/m1/s1. The van der Waals surface area contributed by atoms with Gasteiger partial charge in [-0.2, -0.15) is 5.10 Å². The van der Waals surface area contributed by atoms with Crippen LogP contribution in [-0.2, 0) is 17.8 Å². The number of amides is 1. The summed E-state index contributed by atoms with van der Waals surface area (Å²) in [6.07, 6.45) is -0.632. The van der Waals surface area contributed by atoms with Crippen molar-refractivity contribution in [3.05, 3.63) is 96.2 Å². The third-order valence-electron chi connectivity index (χ3n) is 6.62. The third kappa shape index (κ3) is 5.76. The predicted molar refractivity (Wildman–Crippen MR) is 143 cm³/mol. The van der Waals surface area contributed by atoms with E-state index < -0.39 is 24.0 Å². The highest BCUT2D eigenvalue weighted by Crippen LogP contribution is 2.32. The second-order valence-electron chi connectivity index (χ2n) is 9.36. The van der Waals surface area contributed by atoms with Gasteiger partial charge in [0.15, 0.2) is 11.8 Å². The van der Waals surface area contributed by atoms with E-state index in [1.807, 2.05) is 78.9 Å². The Kier molecular flexibility index (Phi) is 7.51. The van der Waals surface area contributed by atoms with Crippen molar-refractivity contribution in [1.82, 2.24) is 15.1 Å². The number of fused-ring (bicyclic) bond motifs is 3. The van der Waals surface area contributed by atoms with Crippen LogP contribution in [0.5, 0.6) is 5.75 Å². The number of aliphatic carboxylic acids is 1. The highest BCUT2D eigenvalue weighted by atomic mass is 16.5. The molecule has 0 bridgehead atoms. The zero-order valence-corrected chi connectivity index (χ0v) is 20.8. The van der Waals surface area contributed by atoms with Crippen LogP contribution in [0, 0.1) is 0 Å². The number of aryl methyl sites for hydroxylation is 1. The van der Waals surface area contributed by atoms with Gasteiger partial charge in [0.05, 0.1) is 12.3 Å². The average molecular weight is 512 g/mol. The summed E-state index contributed by atoms with van der Waals surface area (Å²) in [5, 5.41) is 26.8. The number of hydrogen-bond acceptors (Lipinski definition) is 5. The van der Waals surface area contributed by atoms with E-state index in [2.05, 4.69) is 10.4 Å². The summed E-state index contributed by atoms with van der Waals surface area (Å²) < 4.78 is 7.67. The molecule has 4 aromatic rings. The van der Waals surface area contributed by atoms with Gasteiger partial charge in [0.2, 0.25) is 0 Å². The maximum absolute atomic E-state index is 13.3. The lowest BCUT2D eigenvalue weighted by Crippen LogP contribution is -2.40. The van der Waals surface area contributed by atoms with Gasteiger partial charge in [-0.25, -0.2) is 4.79 Å². The van der Waals surface area contributed by atoms with Crippen molar-refractivity contribution in [3.8, 4) is 28.1 Å². The molecule has 8 nitrogen and oxygen atoms in total. The Morgan fingerprint density at radius 2 is 1.68 bits per heavy atom. The summed E-state index contributed by atoms with van der Waals surface area (Å²) in [6.45, 7) is 1.15. The molecule has 0 unspecified atom stereocenters. The first kappa shape index (κ1) is 25.2. The van der Waals surface area contributed by atoms with E-state index >= 15 is 0 Å². The van der Waals surface area contributed by atoms with Crippen LogP contribution < -0.4 is 10.1 Å². The van der Waals surface area contributed by atoms with Gasteiger partial charge in [0.1, 0.15) is 5.75 Å². The molecule has 0 fully saturated rings. The summed E-state index contributed by atoms with van der Waals surface area (Å²) in [6, 6.07) is 26.6. The molecule has 0 radical (unpaired) electrons. The first-order valence-corrected chi connectivity index (χ1v) is 12.6. The smallest absolute Gasteiger partial charge is 0.332 e. The molecule has 1 aliphatic heterocycles. The van der Waals surface area contributed by atoms with Gasteiger partial charge in [-0.3, -0.25) is 9.48 Å². The number of rotatable bonds is 8. The highest BCUT2D eigenvalue weighted by Gasteiger charge is 2.25. The van der Waals surface area contributed by atoms with Crippen LogP contribution in [0.2, 0.25) is 0 Å². The van der Waals surface area contributed by atoms with E-state index in [0.29, 0.717) is 19.6 Å². The number of ether oxygens (including phenoxy) is 1. The van der Waals surface area contributed by atoms with Gasteiger partial charge >= 0.3 is 5.97 Å². The van der Waals surface area contributed by atoms with Gasteiger partial charge in [-0.05, 0) is 41.3 Å². The van der Waals surface area contributed by atoms with E-state index in [4.69, 9.17) is 4.74 Å². The number of aliphatic hydroxyl groups is 1. The first-order chi connectivity index (χ1) is 18.5. The monoisotopic (exact) mass is 511 g/mol. The molecular weight excluding hydrogens is 482 g/mol. The van der Waals surface area contributed by atoms with Crippen LogP contribution in [0.1, 0.15) is 28.9 Å². The van der Waals surface area contributed by atoms with Crippen molar-refractivity contribution in [2.45, 2.75) is 38.0 Å². The quantitative estimate of drug-likeness (QED) is 0.327. The predicted octanol–water partition coefficient (Wildman–Crippen LogP) is 4.18. The van der Waals surface area contributed by atoms with Gasteiger partial charge in [-0.1, -0.05) is 66.7 Å². The summed E-state index contributed by atoms with van der Waals surface area (Å²) >= 11 is 0. The fourth-order valence-electron chi connectivity index (χ4n) is 4.69. The normalized spacial score (nSPS) is 14.1. The Hall–Kier alpha value is -4.43. The number of carboxylic acid groups (broad SMARTS) is 1. The summed E-state index contributed by atoms with van der Waals surface area (Å²) in [7, 11) is 0. The lowest BCUT2D eigenvalue weighted by atomic mass is 9.97. The fraction of sp³-hybridized carbons (Fsp3) is 0.233. The molecule has 0 spiro atoms. The molecule has 0 saturated carbocycles. The van der Waals surface area contributed by atoms with Crippen molar-refractivity contribution >= 4 is 11.9 Å². The Morgan fingerprint density at radius 3 is 2.45 bits per heavy atom. The molecule has 5 rings (SSSR count). The summed E-state index contributed by atoms with van der Waals surface area (Å²) in [5.41, 5.74) is 4.92. The van der Waals surface area contributed by atoms with Crippen molar-refractivity contribution in [2.24, 2.45) is 0 Å². The van der Waals surface area contributed by atoms with Crippen LogP contribution in [-0.4, -0.2) is 50.6 Å². The molecule has 8 heteroatoms. The molecule has 0 aliphatic carbocycles. The SMILES string of the molecule is O=C(N[C@H](Cc1ccc(-c2ccccc2)cc1)C[C@@H](O)C(=O)O)c1cc2n(n1)CCCOc1ccccc1-2. The molecule has 194 valence electrons. The molecule has 3 aromatic carbocycles. The van der Waals surface area contributed by atoms with Gasteiger partial charge < -0.3 is 20.3 Å². The van der Waals surface area contributed by atoms with Crippen molar-refractivity contribution in [3.63, 3.8) is 0 Å². The van der Waals surface area contributed by atoms with Gasteiger partial charge in [0.25, 0.3) is 5.91 Å². The largest absolute Gasteiger partial charge is 0.493 e. The number of carbonyl (C=O) groups excluding carboxylic acids is 1. The molecule has 0 saturated heterocycles. The Bertz CT molecular complexity index is 1420. The van der Waals surface area contributed by atoms with E-state index in [-0.39, 0.29) is 12.1 Å². The van der Waals surface area contributed by atoms with Crippen LogP contribution in [0.25, 0.3) is 22.4 Å². The molecule has 1 amide bonds. The first-order valence-electron chi connectivity index (χ1n) is 12.6. The van der Waals surface area contributed by atoms with Crippen molar-refractivity contribution in [1.29, 1.82) is 0 Å². The van der Waals surface area contributed by atoms with Gasteiger partial charge in [-0.15, -0.1) is 0 Å². The molecule has 2 heterocycles. The molecule has 2 atom stereocenters. The number of benzene rings is 3. The third-order valence-corrected chi connectivity index (χ3v) is 6.62. The number of aromatic nitrogens is 2. The highest BCUT2D eigenvalue weighted by molar-refractivity contribution is 5.94. The minimum atomic E-state index is -1.60. The zero-order chi connectivity index (χ0) is 26.5. The minimum absolute atomic E-state index is 0.133. The summed E-state index contributed by atoms with van der Waals surface area (Å²) in [4.78, 5) is 24.7. The Labute approximate surface area is 220 Å². The van der Waals surface area contributed by atoms with E-state index in [1.54, 1.807) is 10.7 Å². The molecular formula is C30H29N3O5. The number of hydrogen-bond donors (Lipinski definition) is 3. The summed E-state index contributed by atoms with van der Waals surface area (Å²) in [5.74, 6) is -1.02. The van der Waals surface area contributed by atoms with Gasteiger partial charge in [0, 0.05) is 31.0 Å². The molecule has 38 heavy (non-hydrogen) atoms. The van der Waals surface area contributed by atoms with Crippen LogP contribution >= 0.6 is 0 Å². The van der Waals surface area contributed by atoms with Crippen LogP contribution in [0.3, 0.4) is 0 Å². The van der Waals surface area contributed by atoms with Crippen LogP contribution in [0.15, 0.2) is 84.9 Å². The van der Waals surface area contributed by atoms with E-state index in [0.717, 1.165) is 40.1 Å². The molecule has 3 N–H and O–H groups in total. The number of carbonyl (C=O) groups is 2. The van der Waals surface area contributed by atoms with Crippen molar-refractivity contribution in [2.75, 3.05) is 6.61 Å². The number of para-hydroxylation sites is 1. The Morgan fingerprint density at radius 1 is 0.974 bits per heavy atom. The van der Waals surface area contributed by atoms with Crippen LogP contribution in [0.4, 0.5) is 0 Å². The van der Waals surface area contributed by atoms with E-state index in [1.165, 1.54) is 0 Å². The lowest BCUT2D eigenvalue weighted by Gasteiger charge is -2.20. The second-order valence-corrected chi connectivity index (χ2v) is 9.36. The average Bonchev–Trinajstić information content (AvgIpc) is 3.34. The number of carboxylic acids is 1. The molecule has 1 aromatic heterocycles. The topological polar surface area (TPSA) is 114 Å². The number of nitrogens with zero attached hydrogens (tertiary/aromatic N) is 2. The lowest BCUT2D eigenvalue weighted by molar-refractivity contribution is -0.147. The maximum atomic E-state index is 13.3. The fourth-order valence-corrected chi connectivity index (χ4v) is 4.69. The minimum Gasteiger partial charge on any atom is -0.493 e. The maximum Gasteiger partial charge on any atom is 0.332 e. The number of aliphatic hydroxyl groups excluding tert-OH is 1. The Balaban J connectivity index is 1.36.